The molecule has 188 valence electrons. The van der Waals surface area contributed by atoms with Crippen molar-refractivity contribution in [3.8, 4) is 5.75 Å². The topological polar surface area (TPSA) is 26.3 Å². The molecule has 0 radical (unpaired) electrons. The highest BCUT2D eigenvalue weighted by atomic mass is 28.2. The smallest absolute Gasteiger partial charge is 0.224 e. The van der Waals surface area contributed by atoms with Gasteiger partial charge < -0.3 is 4.43 Å². The summed E-state index contributed by atoms with van der Waals surface area (Å²) in [7, 11) is -0.643. The molecule has 0 fully saturated rings. The quantitative estimate of drug-likeness (QED) is 0.234. The minimum atomic E-state index is -0.643. The van der Waals surface area contributed by atoms with Crippen molar-refractivity contribution in [1.29, 1.82) is 0 Å². The number of carbonyl (C=O) groups excluding carboxylic acids is 1. The van der Waals surface area contributed by atoms with Crippen molar-refractivity contribution in [2.75, 3.05) is 0 Å². The molecule has 0 N–H and O–H groups in total. The molecule has 0 aliphatic heterocycles. The van der Waals surface area contributed by atoms with Crippen LogP contribution in [0.25, 0.3) is 0 Å². The summed E-state index contributed by atoms with van der Waals surface area (Å²) < 4.78 is 6.10. The lowest BCUT2D eigenvalue weighted by atomic mass is 9.69. The van der Waals surface area contributed by atoms with Crippen molar-refractivity contribution in [3.63, 3.8) is 0 Å². The van der Waals surface area contributed by atoms with Gasteiger partial charge in [0.25, 0.3) is 0 Å². The average Bonchev–Trinajstić information content (AvgIpc) is 2.74. The van der Waals surface area contributed by atoms with Crippen LogP contribution in [-0.4, -0.2) is 15.5 Å². The van der Waals surface area contributed by atoms with E-state index in [-0.39, 0.29) is 10.5 Å². The van der Waals surface area contributed by atoms with Crippen LogP contribution < -0.4 is 4.43 Å². The van der Waals surface area contributed by atoms with Crippen LogP contribution in [0.15, 0.2) is 53.1 Å². The highest BCUT2D eigenvalue weighted by molar-refractivity contribution is 6.32. The lowest BCUT2D eigenvalue weighted by Crippen LogP contribution is -2.33. The molecule has 1 aromatic carbocycles. The molecule has 0 amide bonds. The van der Waals surface area contributed by atoms with E-state index in [4.69, 9.17) is 4.43 Å². The Morgan fingerprint density at radius 2 is 1.62 bits per heavy atom. The zero-order valence-electron chi connectivity index (χ0n) is 23.1. The molecular formula is C31H48O2Si. The Morgan fingerprint density at radius 3 is 2.24 bits per heavy atom. The van der Waals surface area contributed by atoms with Crippen LogP contribution in [-0.2, 0) is 6.42 Å². The first-order chi connectivity index (χ1) is 15.9. The molecule has 0 aromatic heterocycles. The fourth-order valence-corrected chi connectivity index (χ4v) is 5.23. The summed E-state index contributed by atoms with van der Waals surface area (Å²) in [6.07, 6.45) is 15.4. The van der Waals surface area contributed by atoms with Crippen LogP contribution >= 0.6 is 0 Å². The van der Waals surface area contributed by atoms with Gasteiger partial charge in [-0.2, -0.15) is 0 Å². The maximum atomic E-state index is 13.4. The second-order valence-corrected chi connectivity index (χ2v) is 14.8. The molecule has 0 spiro atoms. The molecule has 0 heterocycles. The molecule has 2 nitrogen and oxygen atoms in total. The van der Waals surface area contributed by atoms with Gasteiger partial charge >= 0.3 is 0 Å². The van der Waals surface area contributed by atoms with Crippen molar-refractivity contribution in [2.45, 2.75) is 112 Å². The van der Waals surface area contributed by atoms with Crippen molar-refractivity contribution in [3.05, 3.63) is 64.3 Å². The molecule has 1 aromatic rings. The fourth-order valence-electron chi connectivity index (χ4n) is 4.45. The van der Waals surface area contributed by atoms with Crippen LogP contribution in [0.1, 0.15) is 116 Å². The largest absolute Gasteiger partial charge is 0.549 e. The predicted octanol–water partition coefficient (Wildman–Crippen LogP) is 8.70. The van der Waals surface area contributed by atoms with Crippen LogP contribution in [0, 0.1) is 5.41 Å². The minimum absolute atomic E-state index is 0.256. The summed E-state index contributed by atoms with van der Waals surface area (Å²) >= 11 is 0. The summed E-state index contributed by atoms with van der Waals surface area (Å²) in [5.74, 6) is 1.26. The lowest BCUT2D eigenvalue weighted by molar-refractivity contribution is 0.0771. The molecule has 0 saturated carbocycles. The van der Waals surface area contributed by atoms with E-state index in [0.29, 0.717) is 5.78 Å². The van der Waals surface area contributed by atoms with Gasteiger partial charge in [0.1, 0.15) is 5.75 Å². The normalized spacial score (nSPS) is 19.5. The molecular weight excluding hydrogens is 432 g/mol. The lowest BCUT2D eigenvalue weighted by Gasteiger charge is -2.33. The number of aryl methyl sites for hydroxylation is 1. The maximum absolute atomic E-state index is 13.4. The first kappa shape index (κ1) is 28.4. The number of rotatable bonds is 11. The number of ketones is 1. The number of carbonyl (C=O) groups is 1. The summed E-state index contributed by atoms with van der Waals surface area (Å²) in [5.41, 5.74) is 6.14. The molecule has 1 atom stereocenters. The molecule has 2 rings (SSSR count). The summed E-state index contributed by atoms with van der Waals surface area (Å²) in [6.45, 7) is 17.6. The van der Waals surface area contributed by atoms with E-state index >= 15 is 0 Å². The van der Waals surface area contributed by atoms with Gasteiger partial charge in [-0.3, -0.25) is 4.79 Å². The van der Waals surface area contributed by atoms with Gasteiger partial charge in [0, 0.05) is 11.0 Å². The second kappa shape index (κ2) is 12.7. The zero-order valence-corrected chi connectivity index (χ0v) is 24.6. The van der Waals surface area contributed by atoms with Crippen molar-refractivity contribution < 1.29 is 9.22 Å². The van der Waals surface area contributed by atoms with Crippen molar-refractivity contribution in [2.24, 2.45) is 5.41 Å². The number of hydrogen-bond acceptors (Lipinski definition) is 2. The third-order valence-corrected chi connectivity index (χ3v) is 8.14. The van der Waals surface area contributed by atoms with Gasteiger partial charge in [0.2, 0.25) is 9.76 Å². The zero-order chi connectivity index (χ0) is 25.4. The van der Waals surface area contributed by atoms with Crippen molar-refractivity contribution >= 4 is 15.5 Å². The van der Waals surface area contributed by atoms with Gasteiger partial charge in [-0.05, 0) is 108 Å². The summed E-state index contributed by atoms with van der Waals surface area (Å²) in [5, 5.41) is 0.260. The molecule has 1 unspecified atom stereocenters. The Labute approximate surface area is 211 Å². The highest BCUT2D eigenvalue weighted by Gasteiger charge is 2.37. The maximum Gasteiger partial charge on any atom is 0.224 e. The first-order valence-corrected chi connectivity index (χ1v) is 14.4. The van der Waals surface area contributed by atoms with Crippen LogP contribution in [0.2, 0.25) is 5.04 Å². The summed E-state index contributed by atoms with van der Waals surface area (Å²) in [6, 6.07) is 6.13. The highest BCUT2D eigenvalue weighted by Crippen LogP contribution is 2.40. The molecule has 0 bridgehead atoms. The van der Waals surface area contributed by atoms with E-state index in [1.165, 1.54) is 22.3 Å². The first-order valence-electron chi connectivity index (χ1n) is 13.1. The third-order valence-electron chi connectivity index (χ3n) is 6.80. The monoisotopic (exact) mass is 480 g/mol. The Bertz CT molecular complexity index is 925. The fraction of sp³-hybridized carbons (Fsp3) is 0.581. The number of benzene rings is 1. The number of hydrogen-bond donors (Lipinski definition) is 0. The van der Waals surface area contributed by atoms with Gasteiger partial charge in [0.05, 0.1) is 0 Å². The van der Waals surface area contributed by atoms with Crippen molar-refractivity contribution in [1.82, 2.24) is 0 Å². The summed E-state index contributed by atoms with van der Waals surface area (Å²) in [4.78, 5) is 13.4. The minimum Gasteiger partial charge on any atom is -0.549 e. The van der Waals surface area contributed by atoms with Crippen LogP contribution in [0.3, 0.4) is 0 Å². The van der Waals surface area contributed by atoms with E-state index in [2.05, 4.69) is 79.7 Å². The van der Waals surface area contributed by atoms with Gasteiger partial charge in [-0.25, -0.2) is 0 Å². The Kier molecular flexibility index (Phi) is 10.6. The molecule has 1 aliphatic carbocycles. The SMILES string of the molecule is CC(C)=CCC/C(C)=C/CC/C(C)=C/CCC1(C)CCc2cc(O[SiH2]C(C)(C)C)ccc2C1=O. The third kappa shape index (κ3) is 9.41. The predicted molar refractivity (Wildman–Crippen MR) is 151 cm³/mol. The number of Topliss-reactive ketones (excluding diaryl/α,β-unsaturated/α-hetero) is 1. The standard InChI is InChI=1S/C31H48O2Si/c1-23(2)12-9-13-24(3)14-10-15-25(4)16-11-20-31(8)21-19-26-22-27(33-34-30(5,6)7)17-18-28(26)29(31)32/h12,14,16-18,22H,9-11,13,15,19-21,34H2,1-8H3/b24-14+,25-16+. The molecule has 3 heteroatoms. The van der Waals surface area contributed by atoms with E-state index in [0.717, 1.165) is 62.7 Å². The van der Waals surface area contributed by atoms with E-state index < -0.39 is 9.76 Å². The average molecular weight is 481 g/mol. The number of fused-ring (bicyclic) bond motifs is 1. The second-order valence-electron chi connectivity index (χ2n) is 12.1. The molecule has 34 heavy (non-hydrogen) atoms. The van der Waals surface area contributed by atoms with E-state index in [1.54, 1.807) is 0 Å². The molecule has 1 aliphatic rings. The number of allylic oxidation sites excluding steroid dienone is 6. The Hall–Kier alpha value is -1.87. The Morgan fingerprint density at radius 1 is 1.00 bits per heavy atom. The molecule has 0 saturated heterocycles. The van der Waals surface area contributed by atoms with E-state index in [1.807, 2.05) is 12.1 Å². The van der Waals surface area contributed by atoms with Gasteiger partial charge in [-0.15, -0.1) is 0 Å². The van der Waals surface area contributed by atoms with Gasteiger partial charge in [-0.1, -0.05) is 62.6 Å². The Balaban J connectivity index is 1.86. The van der Waals surface area contributed by atoms with E-state index in [9.17, 15) is 4.79 Å². The van der Waals surface area contributed by atoms with Crippen LogP contribution in [0.4, 0.5) is 0 Å². The van der Waals surface area contributed by atoms with Gasteiger partial charge in [0.15, 0.2) is 5.78 Å². The van der Waals surface area contributed by atoms with Crippen LogP contribution in [0.5, 0.6) is 5.75 Å².